The lowest BCUT2D eigenvalue weighted by Gasteiger charge is -2.36. The first-order valence-corrected chi connectivity index (χ1v) is 9.05. The Morgan fingerprint density at radius 1 is 1.28 bits per heavy atom. The number of alkyl halides is 3. The second-order valence-electron chi connectivity index (χ2n) is 7.05. The highest BCUT2D eigenvalue weighted by Crippen LogP contribution is 2.35. The van der Waals surface area contributed by atoms with Gasteiger partial charge in [0.1, 0.15) is 6.10 Å². The highest BCUT2D eigenvalue weighted by molar-refractivity contribution is 5.99. The lowest BCUT2D eigenvalue weighted by atomic mass is 9.91. The van der Waals surface area contributed by atoms with E-state index in [-0.39, 0.29) is 23.3 Å². The van der Waals surface area contributed by atoms with Gasteiger partial charge in [-0.3, -0.25) is 4.79 Å². The number of carbonyl (C=O) groups is 2. The van der Waals surface area contributed by atoms with Crippen LogP contribution >= 0.6 is 0 Å². The number of primary amides is 1. The van der Waals surface area contributed by atoms with Gasteiger partial charge in [-0.15, -0.1) is 0 Å². The highest BCUT2D eigenvalue weighted by Gasteiger charge is 2.40. The average molecular weight is 410 g/mol. The van der Waals surface area contributed by atoms with E-state index in [4.69, 9.17) is 10.5 Å². The molecule has 0 spiro atoms. The Bertz CT molecular complexity index is 959. The summed E-state index contributed by atoms with van der Waals surface area (Å²) in [5.74, 6) is -1.99. The van der Waals surface area contributed by atoms with Crippen molar-refractivity contribution in [1.29, 1.82) is 0 Å². The molecule has 1 aromatic carbocycles. The minimum Gasteiger partial charge on any atom is -0.444 e. The fourth-order valence-corrected chi connectivity index (χ4v) is 3.91. The molecular formula is C18H17F3N4O4. The molecule has 2 atom stereocenters. The molecule has 2 amide bonds. The molecular weight excluding hydrogens is 393 g/mol. The van der Waals surface area contributed by atoms with Gasteiger partial charge in [-0.2, -0.15) is 18.2 Å². The van der Waals surface area contributed by atoms with E-state index >= 15 is 0 Å². The first kappa shape index (κ1) is 19.2. The van der Waals surface area contributed by atoms with Crippen LogP contribution in [0, 0.1) is 0 Å². The van der Waals surface area contributed by atoms with Crippen molar-refractivity contribution in [3.63, 3.8) is 0 Å². The molecule has 4 rings (SSSR count). The second kappa shape index (κ2) is 7.05. The van der Waals surface area contributed by atoms with Crippen molar-refractivity contribution in [2.45, 2.75) is 50.6 Å². The van der Waals surface area contributed by atoms with Crippen LogP contribution in [-0.2, 0) is 17.5 Å². The molecule has 2 heterocycles. The largest absolute Gasteiger partial charge is 0.471 e. The standard InChI is InChI=1S/C18H17F3N4O4/c19-18(20,21)16-23-14(24-29-16)9-5-6-10-8-25(15(26)11(10)7-9)12-3-1-2-4-13(12)28-17(22)27/h5-7,12-13H,1-4,8H2,(H2,22,27)/t12-,13-/m1/s1. The molecule has 29 heavy (non-hydrogen) atoms. The first-order chi connectivity index (χ1) is 13.7. The molecule has 8 nitrogen and oxygen atoms in total. The SMILES string of the molecule is NC(=O)O[C@@H]1CCCC[C@H]1N1Cc2ccc(-c3noc(C(F)(F)F)n3)cc2C1=O. The summed E-state index contributed by atoms with van der Waals surface area (Å²) in [6.07, 6.45) is -3.07. The Hall–Kier alpha value is -3.11. The van der Waals surface area contributed by atoms with Crippen molar-refractivity contribution in [1.82, 2.24) is 15.0 Å². The van der Waals surface area contributed by atoms with Crippen molar-refractivity contribution in [2.24, 2.45) is 5.73 Å². The third kappa shape index (κ3) is 3.64. The van der Waals surface area contributed by atoms with E-state index in [9.17, 15) is 22.8 Å². The van der Waals surface area contributed by atoms with Crippen molar-refractivity contribution in [3.8, 4) is 11.4 Å². The van der Waals surface area contributed by atoms with Crippen molar-refractivity contribution in [2.75, 3.05) is 0 Å². The number of ether oxygens (including phenoxy) is 1. The van der Waals surface area contributed by atoms with E-state index in [2.05, 4.69) is 14.7 Å². The van der Waals surface area contributed by atoms with Crippen LogP contribution in [-0.4, -0.2) is 39.2 Å². The quantitative estimate of drug-likeness (QED) is 0.832. The van der Waals surface area contributed by atoms with Crippen LogP contribution in [0.2, 0.25) is 0 Å². The van der Waals surface area contributed by atoms with Gasteiger partial charge >= 0.3 is 18.2 Å². The lowest BCUT2D eigenvalue weighted by Crippen LogP contribution is -2.48. The molecule has 1 saturated carbocycles. The first-order valence-electron chi connectivity index (χ1n) is 9.05. The van der Waals surface area contributed by atoms with Gasteiger partial charge in [0.05, 0.1) is 6.04 Å². The van der Waals surface area contributed by atoms with E-state index < -0.39 is 24.3 Å². The average Bonchev–Trinajstić information content (AvgIpc) is 3.27. The Morgan fingerprint density at radius 3 is 2.72 bits per heavy atom. The van der Waals surface area contributed by atoms with Gasteiger partial charge in [0.25, 0.3) is 5.91 Å². The third-order valence-electron chi connectivity index (χ3n) is 5.20. The maximum Gasteiger partial charge on any atom is 0.471 e. The summed E-state index contributed by atoms with van der Waals surface area (Å²) in [6, 6.07) is 4.34. The summed E-state index contributed by atoms with van der Waals surface area (Å²) >= 11 is 0. The van der Waals surface area contributed by atoms with Crippen LogP contribution in [0.25, 0.3) is 11.4 Å². The molecule has 154 valence electrons. The van der Waals surface area contributed by atoms with E-state index in [1.807, 2.05) is 0 Å². The van der Waals surface area contributed by atoms with Crippen molar-refractivity contribution in [3.05, 3.63) is 35.2 Å². The number of aromatic nitrogens is 2. The molecule has 0 saturated heterocycles. The summed E-state index contributed by atoms with van der Waals surface area (Å²) in [7, 11) is 0. The smallest absolute Gasteiger partial charge is 0.444 e. The molecule has 0 unspecified atom stereocenters. The summed E-state index contributed by atoms with van der Waals surface area (Å²) < 4.78 is 47.5. The van der Waals surface area contributed by atoms with Crippen LogP contribution in [0.1, 0.15) is 47.5 Å². The summed E-state index contributed by atoms with van der Waals surface area (Å²) in [5, 5.41) is 3.35. The lowest BCUT2D eigenvalue weighted by molar-refractivity contribution is -0.159. The zero-order valence-corrected chi connectivity index (χ0v) is 15.1. The molecule has 1 fully saturated rings. The van der Waals surface area contributed by atoms with Gasteiger partial charge in [-0.1, -0.05) is 23.7 Å². The van der Waals surface area contributed by atoms with Crippen LogP contribution in [0.5, 0.6) is 0 Å². The van der Waals surface area contributed by atoms with Crippen LogP contribution in [0.4, 0.5) is 18.0 Å². The Labute approximate surface area is 162 Å². The zero-order chi connectivity index (χ0) is 20.8. The van der Waals surface area contributed by atoms with Gasteiger partial charge in [0.15, 0.2) is 0 Å². The molecule has 11 heteroatoms. The minimum absolute atomic E-state index is 0.242. The van der Waals surface area contributed by atoms with Crippen LogP contribution in [0.15, 0.2) is 22.7 Å². The number of nitrogens with zero attached hydrogens (tertiary/aromatic N) is 3. The highest BCUT2D eigenvalue weighted by atomic mass is 19.4. The van der Waals surface area contributed by atoms with Crippen LogP contribution < -0.4 is 5.73 Å². The number of amides is 2. The summed E-state index contributed by atoms with van der Waals surface area (Å²) in [6.45, 7) is 0.317. The topological polar surface area (TPSA) is 112 Å². The van der Waals surface area contributed by atoms with E-state index in [0.29, 0.717) is 24.9 Å². The van der Waals surface area contributed by atoms with Gasteiger partial charge in [0, 0.05) is 17.7 Å². The molecule has 2 N–H and O–H groups in total. The number of rotatable bonds is 3. The monoisotopic (exact) mass is 410 g/mol. The maximum atomic E-state index is 13.0. The maximum absolute atomic E-state index is 13.0. The Morgan fingerprint density at radius 2 is 2.03 bits per heavy atom. The van der Waals surface area contributed by atoms with Crippen LogP contribution in [0.3, 0.4) is 0 Å². The summed E-state index contributed by atoms with van der Waals surface area (Å²) in [4.78, 5) is 29.2. The number of fused-ring (bicyclic) bond motifs is 1. The zero-order valence-electron chi connectivity index (χ0n) is 15.1. The molecule has 0 bridgehead atoms. The number of hydrogen-bond donors (Lipinski definition) is 1. The molecule has 1 aliphatic heterocycles. The fourth-order valence-electron chi connectivity index (χ4n) is 3.91. The van der Waals surface area contributed by atoms with E-state index in [1.54, 1.807) is 17.0 Å². The van der Waals surface area contributed by atoms with Crippen molar-refractivity contribution < 1.29 is 32.0 Å². The number of carbonyl (C=O) groups excluding carboxylic acids is 2. The molecule has 1 aliphatic carbocycles. The number of nitrogens with two attached hydrogens (primary N) is 1. The second-order valence-corrected chi connectivity index (χ2v) is 7.05. The molecule has 2 aromatic rings. The van der Waals surface area contributed by atoms with Gasteiger partial charge in [0.2, 0.25) is 5.82 Å². The summed E-state index contributed by atoms with van der Waals surface area (Å²) in [5.41, 5.74) is 6.47. The fraction of sp³-hybridized carbons (Fsp3) is 0.444. The molecule has 1 aromatic heterocycles. The van der Waals surface area contributed by atoms with Gasteiger partial charge in [-0.05, 0) is 30.9 Å². The normalized spacial score (nSPS) is 21.9. The van der Waals surface area contributed by atoms with Crippen molar-refractivity contribution >= 4 is 12.0 Å². The Kier molecular flexibility index (Phi) is 4.67. The minimum atomic E-state index is -4.75. The van der Waals surface area contributed by atoms with E-state index in [0.717, 1.165) is 18.4 Å². The van der Waals surface area contributed by atoms with E-state index in [1.165, 1.54) is 6.07 Å². The number of hydrogen-bond acceptors (Lipinski definition) is 6. The molecule has 0 radical (unpaired) electrons. The number of halogens is 3. The Balaban J connectivity index is 1.59. The third-order valence-corrected chi connectivity index (χ3v) is 5.20. The van der Waals surface area contributed by atoms with Gasteiger partial charge < -0.3 is 19.9 Å². The van der Waals surface area contributed by atoms with Gasteiger partial charge in [-0.25, -0.2) is 4.79 Å². The number of benzene rings is 1. The predicted molar refractivity (Wildman–Crippen MR) is 91.3 cm³/mol. The molecule has 2 aliphatic rings. The predicted octanol–water partition coefficient (Wildman–Crippen LogP) is 3.12.